The maximum Gasteiger partial charge on any atom is 0.185 e. The van der Waals surface area contributed by atoms with Crippen molar-refractivity contribution in [1.29, 1.82) is 0 Å². The molecule has 3 heterocycles. The predicted octanol–water partition coefficient (Wildman–Crippen LogP) is 1.37. The van der Waals surface area contributed by atoms with Gasteiger partial charge in [-0.2, -0.15) is 0 Å². The third kappa shape index (κ3) is 9.82. The highest BCUT2D eigenvalue weighted by atomic mass is 16.7. The molecule has 20 unspecified atom stereocenters. The van der Waals surface area contributed by atoms with Crippen LogP contribution in [0.2, 0.25) is 0 Å². The van der Waals surface area contributed by atoms with Crippen molar-refractivity contribution in [1.82, 2.24) is 4.90 Å². The number of aliphatic hydroxyl groups excluding tert-OH is 5. The lowest BCUT2D eigenvalue weighted by molar-refractivity contribution is -0.327. The van der Waals surface area contributed by atoms with E-state index in [2.05, 4.69) is 0 Å². The van der Waals surface area contributed by atoms with Crippen molar-refractivity contribution in [3.8, 4) is 0 Å². The molecule has 0 bridgehead atoms. The molecule has 3 aliphatic heterocycles. The Morgan fingerprint density at radius 2 is 1.37 bits per heavy atom. The summed E-state index contributed by atoms with van der Waals surface area (Å²) >= 11 is 0. The van der Waals surface area contributed by atoms with Crippen molar-refractivity contribution >= 4 is 0 Å². The van der Waals surface area contributed by atoms with Gasteiger partial charge in [0.1, 0.15) is 17.8 Å². The lowest BCUT2D eigenvalue weighted by Crippen LogP contribution is -2.61. The molecule has 0 saturated carbocycles. The van der Waals surface area contributed by atoms with Crippen molar-refractivity contribution in [2.45, 2.75) is 192 Å². The second kappa shape index (κ2) is 17.5. The Morgan fingerprint density at radius 3 is 1.92 bits per heavy atom. The molecule has 51 heavy (non-hydrogen) atoms. The van der Waals surface area contributed by atoms with Crippen LogP contribution in [-0.4, -0.2) is 159 Å². The molecule has 0 amide bonds. The first-order valence-electron chi connectivity index (χ1n) is 18.8. The molecular formula is C37H71NO13. The van der Waals surface area contributed by atoms with Gasteiger partial charge in [0.15, 0.2) is 18.9 Å². The molecule has 14 heteroatoms. The number of methoxy groups -OCH3 is 1. The normalized spacial score (nSPS) is 52.8. The summed E-state index contributed by atoms with van der Waals surface area (Å²) in [5.41, 5.74) is -4.59. The first kappa shape index (κ1) is 44.8. The fourth-order valence-electron chi connectivity index (χ4n) is 8.72. The quantitative estimate of drug-likeness (QED) is 0.198. The summed E-state index contributed by atoms with van der Waals surface area (Å²) in [7, 11) is 5.24. The number of rotatable bonds is 7. The highest BCUT2D eigenvalue weighted by molar-refractivity contribution is 5.00. The molecule has 0 aromatic heterocycles. The van der Waals surface area contributed by atoms with Gasteiger partial charge >= 0.3 is 0 Å². The molecule has 0 radical (unpaired) electrons. The summed E-state index contributed by atoms with van der Waals surface area (Å²) in [6.07, 6.45) is -11.4. The number of hydrogen-bond acceptors (Lipinski definition) is 14. The molecule has 0 aromatic rings. The Balaban J connectivity index is 2.17. The lowest BCUT2D eigenvalue weighted by Gasteiger charge is -2.50. The molecule has 3 aliphatic rings. The minimum absolute atomic E-state index is 0.0138. The average Bonchev–Trinajstić information content (AvgIpc) is 3.05. The van der Waals surface area contributed by atoms with E-state index in [4.69, 9.17) is 28.4 Å². The van der Waals surface area contributed by atoms with Gasteiger partial charge in [-0.25, -0.2) is 0 Å². The highest BCUT2D eigenvalue weighted by Crippen LogP contribution is 2.41. The second-order valence-corrected chi connectivity index (χ2v) is 16.9. The molecule has 14 nitrogen and oxygen atoms in total. The van der Waals surface area contributed by atoms with Crippen LogP contribution in [0.1, 0.15) is 94.9 Å². The monoisotopic (exact) mass is 737 g/mol. The molecule has 20 atom stereocenters. The van der Waals surface area contributed by atoms with Crippen molar-refractivity contribution < 1.29 is 64.2 Å². The largest absolute Gasteiger partial charge is 0.392 e. The van der Waals surface area contributed by atoms with Crippen LogP contribution in [0.4, 0.5) is 0 Å². The van der Waals surface area contributed by atoms with Crippen LogP contribution in [0.25, 0.3) is 0 Å². The maximum atomic E-state index is 12.4. The van der Waals surface area contributed by atoms with E-state index in [-0.39, 0.29) is 31.4 Å². The minimum Gasteiger partial charge on any atom is -0.392 e. The first-order valence-corrected chi connectivity index (χ1v) is 18.8. The summed E-state index contributed by atoms with van der Waals surface area (Å²) < 4.78 is 37.5. The Bertz CT molecular complexity index is 1080. The van der Waals surface area contributed by atoms with Crippen LogP contribution in [0.3, 0.4) is 0 Å². The summed E-state index contributed by atoms with van der Waals surface area (Å²) in [6, 6.07) is -0.296. The van der Waals surface area contributed by atoms with Crippen LogP contribution < -0.4 is 0 Å². The van der Waals surface area contributed by atoms with Gasteiger partial charge in [0.05, 0.1) is 53.9 Å². The van der Waals surface area contributed by atoms with Gasteiger partial charge in [-0.1, -0.05) is 34.6 Å². The number of aliphatic hydroxyl groups is 7. The van der Waals surface area contributed by atoms with E-state index in [0.717, 1.165) is 0 Å². The second-order valence-electron chi connectivity index (χ2n) is 16.9. The van der Waals surface area contributed by atoms with Crippen molar-refractivity contribution in [3.05, 3.63) is 0 Å². The van der Waals surface area contributed by atoms with Crippen LogP contribution in [-0.2, 0) is 28.4 Å². The van der Waals surface area contributed by atoms with Crippen LogP contribution in [0.15, 0.2) is 0 Å². The van der Waals surface area contributed by atoms with E-state index in [1.165, 1.54) is 14.0 Å². The standard InChI is InChI=1S/C37H71NO13/c1-14-25-37(10,45)30(41)20(4)27(39)18(2)16-35(8,44)32(51-34-28(40)24(38(11)12)15-19(3)47-34)21(5)29(22(6)33(43)49-25)50-26-17-36(9,46-13)31(42)23(7)48-26/h18-34,39-45H,14-17H2,1-13H3. The van der Waals surface area contributed by atoms with Crippen LogP contribution in [0.5, 0.6) is 0 Å². The van der Waals surface area contributed by atoms with Crippen molar-refractivity contribution in [2.75, 3.05) is 21.2 Å². The van der Waals surface area contributed by atoms with E-state index in [1.54, 1.807) is 55.4 Å². The van der Waals surface area contributed by atoms with E-state index in [1.807, 2.05) is 25.9 Å². The van der Waals surface area contributed by atoms with Crippen molar-refractivity contribution in [2.24, 2.45) is 23.7 Å². The molecule has 3 saturated heterocycles. The minimum atomic E-state index is -1.87. The van der Waals surface area contributed by atoms with E-state index in [0.29, 0.717) is 6.42 Å². The molecular weight excluding hydrogens is 666 g/mol. The summed E-state index contributed by atoms with van der Waals surface area (Å²) in [5, 5.41) is 81.1. The van der Waals surface area contributed by atoms with Gasteiger partial charge in [0.25, 0.3) is 0 Å². The zero-order valence-corrected chi connectivity index (χ0v) is 33.2. The SMILES string of the molecule is CCC1OC(O)C(C)C(OC2CC(C)(OC)C(O)C(C)O2)C(C)C(OC2OC(C)CC(N(C)C)C2O)C(C)(O)CC(C)C(O)C(C)C(O)C1(C)O. The third-order valence-electron chi connectivity index (χ3n) is 12.2. The molecule has 3 fully saturated rings. The van der Waals surface area contributed by atoms with Crippen LogP contribution in [0, 0.1) is 23.7 Å². The van der Waals surface area contributed by atoms with Gasteiger partial charge in [-0.15, -0.1) is 0 Å². The summed E-state index contributed by atoms with van der Waals surface area (Å²) in [4.78, 5) is 1.91. The van der Waals surface area contributed by atoms with E-state index < -0.39 is 108 Å². The number of likely N-dealkylation sites (N-methyl/N-ethyl adjacent to an activating group) is 1. The Kier molecular flexibility index (Phi) is 15.4. The topological polar surface area (TPSA) is 200 Å². The Morgan fingerprint density at radius 1 is 0.765 bits per heavy atom. The van der Waals surface area contributed by atoms with Gasteiger partial charge in [-0.3, -0.25) is 0 Å². The molecule has 3 rings (SSSR count). The van der Waals surface area contributed by atoms with Gasteiger partial charge in [0, 0.05) is 37.3 Å². The van der Waals surface area contributed by atoms with E-state index >= 15 is 0 Å². The average molecular weight is 738 g/mol. The van der Waals surface area contributed by atoms with E-state index in [9.17, 15) is 35.7 Å². The fourth-order valence-corrected chi connectivity index (χ4v) is 8.72. The zero-order chi connectivity index (χ0) is 39.0. The van der Waals surface area contributed by atoms with Crippen molar-refractivity contribution in [3.63, 3.8) is 0 Å². The van der Waals surface area contributed by atoms with Gasteiger partial charge in [-0.05, 0) is 73.9 Å². The third-order valence-corrected chi connectivity index (χ3v) is 12.2. The zero-order valence-electron chi connectivity index (χ0n) is 33.2. The Hall–Kier alpha value is -0.560. The lowest BCUT2D eigenvalue weighted by atomic mass is 9.73. The molecule has 7 N–H and O–H groups in total. The van der Waals surface area contributed by atoms with Crippen LogP contribution >= 0.6 is 0 Å². The number of nitrogens with zero attached hydrogens (tertiary/aromatic N) is 1. The fraction of sp³-hybridized carbons (Fsp3) is 1.00. The number of ether oxygens (including phenoxy) is 6. The first-order chi connectivity index (χ1) is 23.4. The van der Waals surface area contributed by atoms with Gasteiger partial charge in [0.2, 0.25) is 0 Å². The number of hydrogen-bond donors (Lipinski definition) is 7. The summed E-state index contributed by atoms with van der Waals surface area (Å²) in [5.74, 6) is -3.07. The summed E-state index contributed by atoms with van der Waals surface area (Å²) in [6.45, 7) is 17.0. The Labute approximate surface area is 305 Å². The highest BCUT2D eigenvalue weighted by Gasteiger charge is 2.53. The molecule has 0 aromatic carbocycles. The maximum absolute atomic E-state index is 12.4. The molecule has 302 valence electrons. The predicted molar refractivity (Wildman–Crippen MR) is 188 cm³/mol. The molecule has 0 spiro atoms. The smallest absolute Gasteiger partial charge is 0.185 e. The molecule has 0 aliphatic carbocycles. The van der Waals surface area contributed by atoms with Gasteiger partial charge < -0.3 is 69.1 Å².